The fraction of sp³-hybridized carbons (Fsp3) is 0.391. The van der Waals surface area contributed by atoms with Crippen LogP contribution in [0.4, 0.5) is 0 Å². The van der Waals surface area contributed by atoms with Gasteiger partial charge in [0.25, 0.3) is 0 Å². The van der Waals surface area contributed by atoms with Crippen LogP contribution < -0.4 is 4.74 Å². The third kappa shape index (κ3) is 3.30. The molecule has 4 heteroatoms. The van der Waals surface area contributed by atoms with Gasteiger partial charge in [0.2, 0.25) is 0 Å². The van der Waals surface area contributed by atoms with Gasteiger partial charge in [0.05, 0.1) is 18.8 Å². The van der Waals surface area contributed by atoms with Crippen molar-refractivity contribution in [3.05, 3.63) is 64.7 Å². The Morgan fingerprint density at radius 3 is 2.44 bits per heavy atom. The Morgan fingerprint density at radius 1 is 1.07 bits per heavy atom. The van der Waals surface area contributed by atoms with E-state index >= 15 is 0 Å². The van der Waals surface area contributed by atoms with Gasteiger partial charge in [0.15, 0.2) is 11.6 Å². The van der Waals surface area contributed by atoms with Gasteiger partial charge >= 0.3 is 0 Å². The highest BCUT2D eigenvalue weighted by Gasteiger charge is 2.36. The van der Waals surface area contributed by atoms with Crippen molar-refractivity contribution >= 4 is 11.6 Å². The van der Waals surface area contributed by atoms with E-state index in [-0.39, 0.29) is 29.5 Å². The molecular formula is C23H24O4. The first kappa shape index (κ1) is 17.9. The molecule has 0 amide bonds. The first-order valence-corrected chi connectivity index (χ1v) is 9.62. The summed E-state index contributed by atoms with van der Waals surface area (Å²) in [5.41, 5.74) is 3.22. The van der Waals surface area contributed by atoms with Gasteiger partial charge in [-0.15, -0.1) is 0 Å². The van der Waals surface area contributed by atoms with Gasteiger partial charge < -0.3 is 9.47 Å². The van der Waals surface area contributed by atoms with E-state index in [1.165, 1.54) is 0 Å². The molecule has 2 aromatic carbocycles. The maximum atomic E-state index is 12.8. The standard InChI is InChI=1S/C23H24O4/c1-3-20(24)18-10-17(21(25)9-15-12-26-13-15)11-19-22(14(2)27-23(18)19)16-7-5-4-6-8-16/h4-8,10-11,14-15,22H,3,9,12-13H2,1-2H3/t14-,22+/m1/s1. The lowest BCUT2D eigenvalue weighted by Crippen LogP contribution is -2.29. The van der Waals surface area contributed by atoms with E-state index in [4.69, 9.17) is 9.47 Å². The van der Waals surface area contributed by atoms with Crippen LogP contribution in [0.1, 0.15) is 64.4 Å². The number of rotatable bonds is 6. The second kappa shape index (κ2) is 7.28. The van der Waals surface area contributed by atoms with Crippen molar-refractivity contribution in [1.82, 2.24) is 0 Å². The zero-order chi connectivity index (χ0) is 19.0. The molecule has 1 saturated heterocycles. The Labute approximate surface area is 159 Å². The molecule has 0 spiro atoms. The minimum Gasteiger partial charge on any atom is -0.489 e. The Morgan fingerprint density at radius 2 is 1.81 bits per heavy atom. The summed E-state index contributed by atoms with van der Waals surface area (Å²) in [6, 6.07) is 13.8. The highest BCUT2D eigenvalue weighted by Crippen LogP contribution is 2.45. The Balaban J connectivity index is 1.78. The quantitative estimate of drug-likeness (QED) is 0.713. The molecule has 0 aliphatic carbocycles. The molecule has 0 aromatic heterocycles. The van der Waals surface area contributed by atoms with Gasteiger partial charge in [-0.25, -0.2) is 0 Å². The average molecular weight is 364 g/mol. The van der Waals surface area contributed by atoms with E-state index in [0.29, 0.717) is 42.9 Å². The maximum absolute atomic E-state index is 12.8. The minimum absolute atomic E-state index is 0.00814. The third-order valence-electron chi connectivity index (χ3n) is 5.51. The van der Waals surface area contributed by atoms with Crippen LogP contribution in [-0.4, -0.2) is 30.9 Å². The summed E-state index contributed by atoms with van der Waals surface area (Å²) in [6.45, 7) is 5.14. The molecule has 2 aliphatic heterocycles. The Kier molecular flexibility index (Phi) is 4.83. The summed E-state index contributed by atoms with van der Waals surface area (Å²) in [6.07, 6.45) is 0.760. The summed E-state index contributed by atoms with van der Waals surface area (Å²) in [5.74, 6) is 1.03. The smallest absolute Gasteiger partial charge is 0.166 e. The van der Waals surface area contributed by atoms with E-state index in [1.54, 1.807) is 6.07 Å². The average Bonchev–Trinajstić information content (AvgIpc) is 2.99. The van der Waals surface area contributed by atoms with Crippen LogP contribution in [0, 0.1) is 5.92 Å². The lowest BCUT2D eigenvalue weighted by atomic mass is 9.85. The topological polar surface area (TPSA) is 52.6 Å². The summed E-state index contributed by atoms with van der Waals surface area (Å²) in [5, 5.41) is 0. The van der Waals surface area contributed by atoms with Crippen molar-refractivity contribution in [3.63, 3.8) is 0 Å². The van der Waals surface area contributed by atoms with E-state index in [0.717, 1.165) is 11.1 Å². The van der Waals surface area contributed by atoms with Crippen molar-refractivity contribution in [2.45, 2.75) is 38.7 Å². The molecule has 0 bridgehead atoms. The molecule has 140 valence electrons. The predicted molar refractivity (Wildman–Crippen MR) is 103 cm³/mol. The third-order valence-corrected chi connectivity index (χ3v) is 5.51. The van der Waals surface area contributed by atoms with Crippen LogP contribution in [0.5, 0.6) is 5.75 Å². The molecular weight excluding hydrogens is 340 g/mol. The number of benzene rings is 2. The summed E-state index contributed by atoms with van der Waals surface area (Å²) in [7, 11) is 0. The Hall–Kier alpha value is -2.46. The number of ketones is 2. The molecule has 2 aliphatic rings. The summed E-state index contributed by atoms with van der Waals surface area (Å²) >= 11 is 0. The predicted octanol–water partition coefficient (Wildman–Crippen LogP) is 4.41. The molecule has 2 aromatic rings. The SMILES string of the molecule is CCC(=O)c1cc(C(=O)CC2COC2)cc2c1O[C@H](C)[C@H]2c1ccccc1. The van der Waals surface area contributed by atoms with Gasteiger partial charge in [0.1, 0.15) is 11.9 Å². The number of hydrogen-bond donors (Lipinski definition) is 0. The Bertz CT molecular complexity index is 867. The monoisotopic (exact) mass is 364 g/mol. The zero-order valence-corrected chi connectivity index (χ0v) is 15.7. The number of hydrogen-bond acceptors (Lipinski definition) is 4. The van der Waals surface area contributed by atoms with E-state index in [2.05, 4.69) is 12.1 Å². The van der Waals surface area contributed by atoms with Crippen LogP contribution in [0.25, 0.3) is 0 Å². The number of Topliss-reactive ketones (excluding diaryl/α,β-unsaturated/α-hetero) is 2. The van der Waals surface area contributed by atoms with Crippen LogP contribution in [0.3, 0.4) is 0 Å². The number of fused-ring (bicyclic) bond motifs is 1. The first-order chi connectivity index (χ1) is 13.1. The largest absolute Gasteiger partial charge is 0.489 e. The molecule has 0 saturated carbocycles. The molecule has 0 N–H and O–H groups in total. The van der Waals surface area contributed by atoms with Gasteiger partial charge in [-0.3, -0.25) is 9.59 Å². The molecule has 4 rings (SSSR count). The second-order valence-electron chi connectivity index (χ2n) is 7.46. The minimum atomic E-state index is -0.0869. The van der Waals surface area contributed by atoms with E-state index in [9.17, 15) is 9.59 Å². The van der Waals surface area contributed by atoms with Gasteiger partial charge in [0, 0.05) is 35.8 Å². The molecule has 1 fully saturated rings. The van der Waals surface area contributed by atoms with E-state index < -0.39 is 0 Å². The van der Waals surface area contributed by atoms with Crippen LogP contribution >= 0.6 is 0 Å². The molecule has 2 heterocycles. The lowest BCUT2D eigenvalue weighted by molar-refractivity contribution is -0.0321. The molecule has 27 heavy (non-hydrogen) atoms. The summed E-state index contributed by atoms with van der Waals surface area (Å²) < 4.78 is 11.3. The van der Waals surface area contributed by atoms with Crippen LogP contribution in [0.2, 0.25) is 0 Å². The first-order valence-electron chi connectivity index (χ1n) is 9.62. The fourth-order valence-corrected chi connectivity index (χ4v) is 3.97. The highest BCUT2D eigenvalue weighted by atomic mass is 16.5. The maximum Gasteiger partial charge on any atom is 0.166 e. The number of carbonyl (C=O) groups is 2. The number of carbonyl (C=O) groups excluding carboxylic acids is 2. The van der Waals surface area contributed by atoms with Crippen LogP contribution in [0.15, 0.2) is 42.5 Å². The summed E-state index contributed by atoms with van der Waals surface area (Å²) in [4.78, 5) is 25.4. The lowest BCUT2D eigenvalue weighted by Gasteiger charge is -2.25. The van der Waals surface area contributed by atoms with E-state index in [1.807, 2.05) is 38.1 Å². The van der Waals surface area contributed by atoms with Crippen molar-refractivity contribution in [2.75, 3.05) is 13.2 Å². The molecule has 0 unspecified atom stereocenters. The van der Waals surface area contributed by atoms with Gasteiger partial charge in [-0.2, -0.15) is 0 Å². The molecule has 2 atom stereocenters. The second-order valence-corrected chi connectivity index (χ2v) is 7.46. The van der Waals surface area contributed by atoms with Crippen LogP contribution in [-0.2, 0) is 4.74 Å². The van der Waals surface area contributed by atoms with Gasteiger partial charge in [-0.1, -0.05) is 37.3 Å². The van der Waals surface area contributed by atoms with Gasteiger partial charge in [-0.05, 0) is 24.6 Å². The van der Waals surface area contributed by atoms with Crippen molar-refractivity contribution < 1.29 is 19.1 Å². The normalized spacial score (nSPS) is 21.3. The molecule has 0 radical (unpaired) electrons. The zero-order valence-electron chi connectivity index (χ0n) is 15.7. The van der Waals surface area contributed by atoms with Crippen molar-refractivity contribution in [3.8, 4) is 5.75 Å². The number of ether oxygens (including phenoxy) is 2. The highest BCUT2D eigenvalue weighted by molar-refractivity contribution is 6.04. The van der Waals surface area contributed by atoms with Crippen molar-refractivity contribution in [1.29, 1.82) is 0 Å². The van der Waals surface area contributed by atoms with Crippen molar-refractivity contribution in [2.24, 2.45) is 5.92 Å². The fourth-order valence-electron chi connectivity index (χ4n) is 3.97. The molecule has 4 nitrogen and oxygen atoms in total.